The molecule has 0 bridgehead atoms. The summed E-state index contributed by atoms with van der Waals surface area (Å²) in [6.45, 7) is 4.57. The maximum atomic E-state index is 12.5. The van der Waals surface area contributed by atoms with Gasteiger partial charge in [0, 0.05) is 0 Å². The predicted octanol–water partition coefficient (Wildman–Crippen LogP) is 6.55. The number of allylic oxidation sites excluding steroid dienone is 2. The van der Waals surface area contributed by atoms with Crippen LogP contribution in [0, 0.1) is 0 Å². The Labute approximate surface area is 225 Å². The fourth-order valence-electron chi connectivity index (χ4n) is 4.19. The van der Waals surface area contributed by atoms with Gasteiger partial charge in [-0.2, -0.15) is 0 Å². The molecule has 0 spiro atoms. The van der Waals surface area contributed by atoms with Crippen LogP contribution in [0.3, 0.4) is 0 Å². The standard InChI is InChI=1S/C29H52NO6P/c1-3-5-6-7-8-9-10-11-12-13-14-15-16-17-18-19-29(31)30-27(25-36-37(32,33)34)24-26-20-22-28(23-21-26)35-4-2/h11-12,20-23,27,32-34,37H,3-10,13-19,24-25H2,1-2H3,(H,30,31)/b12-11-/t27-/m0/s1. The van der Waals surface area contributed by atoms with Crippen LogP contribution < -0.4 is 10.1 Å². The minimum absolute atomic E-state index is 0.0988. The molecule has 0 saturated carbocycles. The summed E-state index contributed by atoms with van der Waals surface area (Å²) < 4.78 is 10.3. The Bertz CT molecular complexity index is 720. The molecular weight excluding hydrogens is 489 g/mol. The summed E-state index contributed by atoms with van der Waals surface area (Å²) in [5.41, 5.74) is 0.944. The van der Waals surface area contributed by atoms with Crippen molar-refractivity contribution in [2.45, 2.75) is 116 Å². The number of carbonyl (C=O) groups excluding carboxylic acids is 1. The fraction of sp³-hybridized carbons (Fsp3) is 0.690. The molecule has 1 amide bonds. The Morgan fingerprint density at radius 3 is 2.00 bits per heavy atom. The summed E-state index contributed by atoms with van der Waals surface area (Å²) in [6, 6.07) is 7.03. The Hall–Kier alpha value is -1.50. The van der Waals surface area contributed by atoms with Crippen LogP contribution in [-0.4, -0.2) is 39.8 Å². The van der Waals surface area contributed by atoms with E-state index in [2.05, 4.69) is 24.4 Å². The Morgan fingerprint density at radius 1 is 0.865 bits per heavy atom. The van der Waals surface area contributed by atoms with Crippen molar-refractivity contribution in [2.24, 2.45) is 0 Å². The Kier molecular flexibility index (Phi) is 19.4. The minimum atomic E-state index is -4.65. The van der Waals surface area contributed by atoms with Crippen molar-refractivity contribution in [3.63, 3.8) is 0 Å². The Balaban J connectivity index is 2.21. The van der Waals surface area contributed by atoms with Crippen LogP contribution in [0.15, 0.2) is 36.4 Å². The summed E-state index contributed by atoms with van der Waals surface area (Å²) in [4.78, 5) is 40.1. The molecule has 214 valence electrons. The predicted molar refractivity (Wildman–Crippen MR) is 154 cm³/mol. The van der Waals surface area contributed by atoms with Crippen molar-refractivity contribution in [2.75, 3.05) is 13.2 Å². The van der Waals surface area contributed by atoms with E-state index in [1.54, 1.807) is 0 Å². The molecule has 0 aromatic heterocycles. The zero-order chi connectivity index (χ0) is 27.2. The molecule has 7 nitrogen and oxygen atoms in total. The van der Waals surface area contributed by atoms with Crippen LogP contribution in [-0.2, 0) is 15.7 Å². The topological polar surface area (TPSA) is 108 Å². The number of unbranched alkanes of at least 4 members (excludes halogenated alkanes) is 11. The van der Waals surface area contributed by atoms with Gasteiger partial charge in [-0.05, 0) is 12.8 Å². The van der Waals surface area contributed by atoms with E-state index in [0.29, 0.717) is 19.4 Å². The third kappa shape index (κ3) is 20.2. The summed E-state index contributed by atoms with van der Waals surface area (Å²) in [5, 5.41) is 2.91. The van der Waals surface area contributed by atoms with Crippen LogP contribution in [0.1, 0.15) is 109 Å². The molecular formula is C29H52NO6P. The number of hydrogen-bond acceptors (Lipinski definition) is 6. The number of benzene rings is 1. The number of amides is 1. The first-order valence-electron chi connectivity index (χ1n) is 14.3. The van der Waals surface area contributed by atoms with Crippen molar-refractivity contribution in [1.29, 1.82) is 0 Å². The first-order chi connectivity index (χ1) is 17.8. The van der Waals surface area contributed by atoms with Gasteiger partial charge in [0.15, 0.2) is 0 Å². The van der Waals surface area contributed by atoms with Gasteiger partial charge in [0.25, 0.3) is 0 Å². The first kappa shape index (κ1) is 33.5. The molecule has 1 aromatic rings. The van der Waals surface area contributed by atoms with Gasteiger partial charge < -0.3 is 0 Å². The molecule has 0 unspecified atom stereocenters. The number of hydrogen-bond donors (Lipinski definition) is 4. The second-order valence-electron chi connectivity index (χ2n) is 9.76. The van der Waals surface area contributed by atoms with E-state index in [1.807, 2.05) is 31.2 Å². The molecule has 0 heterocycles. The molecule has 0 saturated heterocycles. The summed E-state index contributed by atoms with van der Waals surface area (Å²) in [7, 11) is -4.65. The number of ether oxygens (including phenoxy) is 1. The maximum absolute atomic E-state index is 12.5. The van der Waals surface area contributed by atoms with E-state index < -0.39 is 14.2 Å². The van der Waals surface area contributed by atoms with Crippen molar-refractivity contribution in [3.05, 3.63) is 42.0 Å². The van der Waals surface area contributed by atoms with Gasteiger partial charge >= 0.3 is 161 Å². The summed E-state index contributed by atoms with van der Waals surface area (Å²) >= 11 is 0. The van der Waals surface area contributed by atoms with Gasteiger partial charge in [0.05, 0.1) is 0 Å². The van der Waals surface area contributed by atoms with Crippen molar-refractivity contribution in [1.82, 2.24) is 5.32 Å². The van der Waals surface area contributed by atoms with Crippen molar-refractivity contribution >= 4 is 14.1 Å². The molecule has 4 N–H and O–H groups in total. The second kappa shape index (κ2) is 21.4. The van der Waals surface area contributed by atoms with Crippen molar-refractivity contribution < 1.29 is 28.7 Å². The molecule has 8 heteroatoms. The normalized spacial score (nSPS) is 13.1. The number of rotatable bonds is 23. The van der Waals surface area contributed by atoms with Crippen LogP contribution in [0.5, 0.6) is 5.75 Å². The molecule has 0 radical (unpaired) electrons. The third-order valence-electron chi connectivity index (χ3n) is 6.23. The molecule has 0 fully saturated rings. The van der Waals surface area contributed by atoms with E-state index in [4.69, 9.17) is 9.26 Å². The van der Waals surface area contributed by atoms with E-state index in [0.717, 1.165) is 37.0 Å². The van der Waals surface area contributed by atoms with Crippen molar-refractivity contribution in [3.8, 4) is 5.75 Å². The summed E-state index contributed by atoms with van der Waals surface area (Å²) in [5.74, 6) is 0.665. The molecule has 0 aliphatic rings. The van der Waals surface area contributed by atoms with Gasteiger partial charge in [-0.1, -0.05) is 51.2 Å². The number of nitrogens with one attached hydrogen (secondary N) is 1. The average molecular weight is 542 g/mol. The van der Waals surface area contributed by atoms with E-state index in [9.17, 15) is 19.5 Å². The molecule has 0 aliphatic heterocycles. The van der Waals surface area contributed by atoms with Crippen LogP contribution in [0.4, 0.5) is 0 Å². The second-order valence-corrected chi connectivity index (χ2v) is 11.2. The van der Waals surface area contributed by atoms with E-state index in [-0.39, 0.29) is 12.5 Å². The van der Waals surface area contributed by atoms with Gasteiger partial charge in [-0.25, -0.2) is 0 Å². The average Bonchev–Trinajstić information content (AvgIpc) is 2.86. The van der Waals surface area contributed by atoms with Gasteiger partial charge in [-0.3, -0.25) is 0 Å². The first-order valence-corrected chi connectivity index (χ1v) is 16.1. The molecule has 1 atom stereocenters. The van der Waals surface area contributed by atoms with Gasteiger partial charge in [0.2, 0.25) is 0 Å². The van der Waals surface area contributed by atoms with Crippen LogP contribution in [0.25, 0.3) is 0 Å². The van der Waals surface area contributed by atoms with E-state index in [1.165, 1.54) is 57.8 Å². The fourth-order valence-corrected chi connectivity index (χ4v) is 4.62. The quantitative estimate of drug-likeness (QED) is 0.0710. The summed E-state index contributed by atoms with van der Waals surface area (Å²) in [6.07, 6.45) is 21.2. The Morgan fingerprint density at radius 2 is 1.43 bits per heavy atom. The van der Waals surface area contributed by atoms with Gasteiger partial charge in [0.1, 0.15) is 0 Å². The zero-order valence-electron chi connectivity index (χ0n) is 23.1. The molecule has 0 aliphatic carbocycles. The third-order valence-corrected chi connectivity index (χ3v) is 6.78. The number of carbonyl (C=O) groups is 1. The van der Waals surface area contributed by atoms with Crippen LogP contribution >= 0.6 is 8.17 Å². The zero-order valence-corrected chi connectivity index (χ0v) is 24.1. The van der Waals surface area contributed by atoms with Crippen LogP contribution in [0.2, 0.25) is 0 Å². The monoisotopic (exact) mass is 541 g/mol. The van der Waals surface area contributed by atoms with E-state index >= 15 is 0 Å². The SMILES string of the molecule is CCCCCCCC/C=C\CCCCCCCC(=O)N[C@H](CO[PH](O)(O)O)Cc1ccc(OCC)cc1. The molecule has 37 heavy (non-hydrogen) atoms. The van der Waals surface area contributed by atoms with Gasteiger partial charge in [-0.15, -0.1) is 0 Å². The molecule has 1 aromatic carbocycles. The molecule has 1 rings (SSSR count).